The highest BCUT2D eigenvalue weighted by Gasteiger charge is 2.61. The maximum Gasteiger partial charge on any atom is 0.499 e. The normalized spacial score (nSPS) is 12.6. The molecule has 2 nitrogen and oxygen atoms in total. The lowest BCUT2D eigenvalue weighted by atomic mass is 10.1. The summed E-state index contributed by atoms with van der Waals surface area (Å²) in [6, 6.07) is 8.34. The molecule has 0 spiro atoms. The summed E-state index contributed by atoms with van der Waals surface area (Å²) in [5.41, 5.74) is 1.41. The Kier molecular flexibility index (Phi) is 5.43. The molecule has 0 bridgehead atoms. The van der Waals surface area contributed by atoms with E-state index in [-0.39, 0.29) is 0 Å². The smallest absolute Gasteiger partial charge is 0.426 e. The van der Waals surface area contributed by atoms with Gasteiger partial charge >= 0.3 is 12.3 Å². The molecule has 8 heteroatoms. The van der Waals surface area contributed by atoms with E-state index in [0.717, 1.165) is 17.7 Å². The topological polar surface area (TPSA) is 22.1 Å². The van der Waals surface area contributed by atoms with Crippen molar-refractivity contribution in [1.29, 1.82) is 0 Å². The van der Waals surface area contributed by atoms with Gasteiger partial charge in [-0.15, -0.1) is 0 Å². The molecular weight excluding hydrogens is 353 g/mol. The zero-order chi connectivity index (χ0) is 17.8. The summed E-state index contributed by atoms with van der Waals surface area (Å²) < 4.78 is 65.4. The summed E-state index contributed by atoms with van der Waals surface area (Å²) in [5.74, 6) is -0.579. The number of ether oxygens (including phenoxy) is 1. The van der Waals surface area contributed by atoms with Gasteiger partial charge in [-0.25, -0.2) is 4.98 Å². The van der Waals surface area contributed by atoms with Crippen molar-refractivity contribution >= 4 is 17.7 Å². The van der Waals surface area contributed by atoms with Crippen LogP contribution >= 0.6 is 11.6 Å². The van der Waals surface area contributed by atoms with E-state index in [4.69, 9.17) is 11.6 Å². The van der Waals surface area contributed by atoms with Crippen molar-refractivity contribution in [3.05, 3.63) is 65.0 Å². The summed E-state index contributed by atoms with van der Waals surface area (Å²) in [4.78, 5) is 3.92. The Morgan fingerprint density at radius 2 is 1.71 bits per heavy atom. The first-order chi connectivity index (χ1) is 11.2. The van der Waals surface area contributed by atoms with Gasteiger partial charge in [-0.2, -0.15) is 22.0 Å². The number of halogens is 6. The number of benzene rings is 1. The minimum atomic E-state index is -5.77. The Bertz CT molecular complexity index is 713. The number of alkyl halides is 5. The van der Waals surface area contributed by atoms with Crippen LogP contribution in [-0.2, 0) is 6.42 Å². The molecule has 24 heavy (non-hydrogen) atoms. The molecule has 0 atom stereocenters. The van der Waals surface area contributed by atoms with Crippen molar-refractivity contribution in [3.63, 3.8) is 0 Å². The number of allylic oxidation sites excluding steroid dienone is 1. The first-order valence-electron chi connectivity index (χ1n) is 6.68. The fourth-order valence-electron chi connectivity index (χ4n) is 1.75. The Labute approximate surface area is 139 Å². The molecule has 2 aromatic rings. The molecule has 0 saturated heterocycles. The van der Waals surface area contributed by atoms with E-state index in [1.54, 1.807) is 30.5 Å². The van der Waals surface area contributed by atoms with E-state index in [2.05, 4.69) is 9.72 Å². The van der Waals surface area contributed by atoms with Gasteiger partial charge in [-0.1, -0.05) is 42.0 Å². The Hall–Kier alpha value is -2.15. The maximum absolute atomic E-state index is 12.8. The lowest BCUT2D eigenvalue weighted by Crippen LogP contribution is -2.41. The highest BCUT2D eigenvalue weighted by atomic mass is 35.5. The second kappa shape index (κ2) is 7.17. The predicted molar refractivity (Wildman–Crippen MR) is 80.1 cm³/mol. The molecule has 0 N–H and O–H groups in total. The van der Waals surface area contributed by atoms with E-state index in [1.165, 1.54) is 12.1 Å². The molecule has 0 saturated carbocycles. The molecule has 0 aliphatic rings. The predicted octanol–water partition coefficient (Wildman–Crippen LogP) is 5.52. The summed E-state index contributed by atoms with van der Waals surface area (Å²) in [7, 11) is 0. The first kappa shape index (κ1) is 18.2. The average Bonchev–Trinajstić information content (AvgIpc) is 2.49. The molecule has 1 aromatic carbocycles. The highest BCUT2D eigenvalue weighted by Crippen LogP contribution is 2.37. The van der Waals surface area contributed by atoms with E-state index < -0.39 is 18.0 Å². The number of hydrogen-bond donors (Lipinski definition) is 0. The van der Waals surface area contributed by atoms with Crippen LogP contribution in [0.15, 0.2) is 48.7 Å². The molecule has 0 fully saturated rings. The molecule has 1 heterocycles. The fourth-order valence-corrected chi connectivity index (χ4v) is 1.94. The third-order valence-electron chi connectivity index (χ3n) is 2.94. The van der Waals surface area contributed by atoms with E-state index in [9.17, 15) is 22.0 Å². The maximum atomic E-state index is 12.8. The molecule has 1 aromatic heterocycles. The zero-order valence-corrected chi connectivity index (χ0v) is 12.8. The van der Waals surface area contributed by atoms with Crippen molar-refractivity contribution in [2.45, 2.75) is 18.7 Å². The van der Waals surface area contributed by atoms with Gasteiger partial charge < -0.3 is 4.74 Å². The molecule has 0 aliphatic carbocycles. The third-order valence-corrected chi connectivity index (χ3v) is 3.28. The van der Waals surface area contributed by atoms with Gasteiger partial charge in [-0.05, 0) is 35.7 Å². The lowest BCUT2D eigenvalue weighted by molar-refractivity contribution is -0.360. The highest BCUT2D eigenvalue weighted by molar-refractivity contribution is 6.30. The Morgan fingerprint density at radius 1 is 1.04 bits per heavy atom. The number of hydrogen-bond acceptors (Lipinski definition) is 2. The van der Waals surface area contributed by atoms with Crippen molar-refractivity contribution in [1.82, 2.24) is 4.98 Å². The number of nitrogens with zero attached hydrogens (tertiary/aromatic N) is 1. The number of rotatable bonds is 5. The number of pyridine rings is 1. The SMILES string of the molecule is FC(F)(F)C(F)(F)Oc1ccc(C=CCc2cccnc2Cl)cc1. The van der Waals surface area contributed by atoms with Crippen LogP contribution in [0.4, 0.5) is 22.0 Å². The van der Waals surface area contributed by atoms with Crippen LogP contribution in [0.3, 0.4) is 0 Å². The minimum absolute atomic E-state index is 0.375. The monoisotopic (exact) mass is 363 g/mol. The Morgan fingerprint density at radius 3 is 2.29 bits per heavy atom. The quantitative estimate of drug-likeness (QED) is 0.515. The summed E-state index contributed by atoms with van der Waals surface area (Å²) in [6.07, 6.45) is -5.50. The van der Waals surface area contributed by atoms with E-state index >= 15 is 0 Å². The third kappa shape index (κ3) is 4.67. The van der Waals surface area contributed by atoms with Crippen molar-refractivity contribution in [2.75, 3.05) is 0 Å². The van der Waals surface area contributed by atoms with E-state index in [1.807, 2.05) is 0 Å². The summed E-state index contributed by atoms with van der Waals surface area (Å²) in [5, 5.41) is 0.375. The molecule has 128 valence electrons. The second-order valence-corrected chi connectivity index (χ2v) is 5.10. The second-order valence-electron chi connectivity index (χ2n) is 4.75. The first-order valence-corrected chi connectivity index (χ1v) is 7.06. The minimum Gasteiger partial charge on any atom is -0.426 e. The van der Waals surface area contributed by atoms with Gasteiger partial charge in [0.15, 0.2) is 0 Å². The van der Waals surface area contributed by atoms with Gasteiger partial charge in [0.2, 0.25) is 0 Å². The van der Waals surface area contributed by atoms with E-state index in [0.29, 0.717) is 17.1 Å². The van der Waals surface area contributed by atoms with Crippen LogP contribution in [0.2, 0.25) is 5.15 Å². The van der Waals surface area contributed by atoms with Gasteiger partial charge in [0, 0.05) is 6.20 Å². The molecule has 0 unspecified atom stereocenters. The van der Waals surface area contributed by atoms with Crippen molar-refractivity contribution in [3.8, 4) is 5.75 Å². The van der Waals surface area contributed by atoms with Gasteiger partial charge in [0.1, 0.15) is 10.9 Å². The van der Waals surface area contributed by atoms with Crippen LogP contribution < -0.4 is 4.74 Å². The molecule has 0 aliphatic heterocycles. The zero-order valence-electron chi connectivity index (χ0n) is 12.0. The standard InChI is InChI=1S/C16H11ClF5NO/c17-14-12(5-2-10-23-14)4-1-3-11-6-8-13(9-7-11)24-16(21,22)15(18,19)20/h1-3,5-10H,4H2. The summed E-state index contributed by atoms with van der Waals surface area (Å²) in [6.45, 7) is 0. The van der Waals surface area contributed by atoms with Crippen LogP contribution in [0.25, 0.3) is 6.08 Å². The fraction of sp³-hybridized carbons (Fsp3) is 0.188. The largest absolute Gasteiger partial charge is 0.499 e. The van der Waals surface area contributed by atoms with Crippen LogP contribution in [-0.4, -0.2) is 17.3 Å². The molecule has 2 rings (SSSR count). The number of aromatic nitrogens is 1. The van der Waals surface area contributed by atoms with Crippen molar-refractivity contribution < 1.29 is 26.7 Å². The molecule has 0 radical (unpaired) electrons. The van der Waals surface area contributed by atoms with Crippen LogP contribution in [0, 0.1) is 0 Å². The van der Waals surface area contributed by atoms with Gasteiger partial charge in [0.25, 0.3) is 0 Å². The Balaban J connectivity index is 2.00. The average molecular weight is 364 g/mol. The lowest BCUT2D eigenvalue weighted by Gasteiger charge is -2.20. The van der Waals surface area contributed by atoms with Crippen LogP contribution in [0.1, 0.15) is 11.1 Å². The van der Waals surface area contributed by atoms with Crippen molar-refractivity contribution in [2.24, 2.45) is 0 Å². The van der Waals surface area contributed by atoms with Gasteiger partial charge in [-0.3, -0.25) is 0 Å². The molecular formula is C16H11ClF5NO. The van der Waals surface area contributed by atoms with Crippen LogP contribution in [0.5, 0.6) is 5.75 Å². The summed E-state index contributed by atoms with van der Waals surface area (Å²) >= 11 is 5.90. The van der Waals surface area contributed by atoms with Gasteiger partial charge in [0.05, 0.1) is 0 Å². The molecule has 0 amide bonds.